The fourth-order valence-electron chi connectivity index (χ4n) is 3.63. The smallest absolute Gasteiger partial charge is 0.335 e. The summed E-state index contributed by atoms with van der Waals surface area (Å²) in [5, 5.41) is 59.1. The fourth-order valence-corrected chi connectivity index (χ4v) is 3.63. The van der Waals surface area contributed by atoms with E-state index >= 15 is 0 Å². The summed E-state index contributed by atoms with van der Waals surface area (Å²) in [6.45, 7) is 0. The highest BCUT2D eigenvalue weighted by Crippen LogP contribution is 2.43. The first-order chi connectivity index (χ1) is 16.1. The Kier molecular flexibility index (Phi) is 6.06. The van der Waals surface area contributed by atoms with Crippen LogP contribution in [0.4, 0.5) is 0 Å². The van der Waals surface area contributed by atoms with Crippen LogP contribution in [-0.2, 0) is 9.53 Å². The van der Waals surface area contributed by atoms with Gasteiger partial charge in [0.2, 0.25) is 17.5 Å². The topological polar surface area (TPSA) is 196 Å². The van der Waals surface area contributed by atoms with Gasteiger partial charge in [-0.25, -0.2) is 4.79 Å². The minimum atomic E-state index is -1.92. The second-order valence-corrected chi connectivity index (χ2v) is 7.51. The largest absolute Gasteiger partial charge is 0.508 e. The molecule has 2 heterocycles. The minimum Gasteiger partial charge on any atom is -0.508 e. The van der Waals surface area contributed by atoms with Gasteiger partial charge in [-0.05, 0) is 17.7 Å². The number of phenols is 2. The molecule has 1 saturated heterocycles. The number of carbonyl (C=O) groups is 1. The lowest BCUT2D eigenvalue weighted by Gasteiger charge is -2.38. The Morgan fingerprint density at radius 3 is 2.32 bits per heavy atom. The molecule has 12 heteroatoms. The third kappa shape index (κ3) is 3.88. The maximum Gasteiger partial charge on any atom is 0.335 e. The van der Waals surface area contributed by atoms with Crippen molar-refractivity contribution in [2.75, 3.05) is 7.11 Å². The molecule has 0 amide bonds. The number of rotatable bonds is 5. The van der Waals surface area contributed by atoms with Crippen LogP contribution in [0.2, 0.25) is 0 Å². The number of hydrogen-bond acceptors (Lipinski definition) is 11. The molecule has 1 aromatic heterocycles. The van der Waals surface area contributed by atoms with E-state index in [-0.39, 0.29) is 33.8 Å². The number of aromatic hydroxyl groups is 2. The van der Waals surface area contributed by atoms with Crippen molar-refractivity contribution in [3.8, 4) is 34.1 Å². The van der Waals surface area contributed by atoms with Crippen molar-refractivity contribution < 1.29 is 54.1 Å². The molecule has 2 aromatic carbocycles. The number of carboxylic acids is 1. The van der Waals surface area contributed by atoms with Crippen LogP contribution >= 0.6 is 0 Å². The fraction of sp³-hybridized carbons (Fsp3) is 0.273. The normalized spacial score (nSPS) is 24.6. The van der Waals surface area contributed by atoms with Gasteiger partial charge < -0.3 is 49.3 Å². The molecule has 6 N–H and O–H groups in total. The van der Waals surface area contributed by atoms with Crippen LogP contribution in [0.25, 0.3) is 22.1 Å². The van der Waals surface area contributed by atoms with Crippen molar-refractivity contribution in [3.05, 3.63) is 46.8 Å². The van der Waals surface area contributed by atoms with Gasteiger partial charge in [-0.1, -0.05) is 12.1 Å². The van der Waals surface area contributed by atoms with Gasteiger partial charge in [0.1, 0.15) is 41.3 Å². The van der Waals surface area contributed by atoms with Gasteiger partial charge in [0.15, 0.2) is 17.6 Å². The SMILES string of the molecule is COc1c(O[C@@H]2O[C@H](C(=O)O)[C@@H](O)[C@H](O)[C@H]2O)cc2occ(-c3ccc(O)cc3)c(=O)c2c1O. The lowest BCUT2D eigenvalue weighted by molar-refractivity contribution is -0.271. The van der Waals surface area contributed by atoms with Crippen molar-refractivity contribution in [1.82, 2.24) is 0 Å². The van der Waals surface area contributed by atoms with E-state index < -0.39 is 47.9 Å². The summed E-state index contributed by atoms with van der Waals surface area (Å²) in [5.74, 6) is -2.93. The molecule has 0 unspecified atom stereocenters. The van der Waals surface area contributed by atoms with Gasteiger partial charge in [0.05, 0.1) is 12.7 Å². The van der Waals surface area contributed by atoms with Crippen LogP contribution in [0.5, 0.6) is 23.0 Å². The van der Waals surface area contributed by atoms with E-state index in [4.69, 9.17) is 18.6 Å². The Morgan fingerprint density at radius 1 is 1.03 bits per heavy atom. The molecule has 0 radical (unpaired) electrons. The number of aliphatic hydroxyl groups excluding tert-OH is 3. The summed E-state index contributed by atoms with van der Waals surface area (Å²) >= 11 is 0. The maximum absolute atomic E-state index is 13.1. The Hall–Kier alpha value is -3.84. The highest BCUT2D eigenvalue weighted by molar-refractivity contribution is 5.91. The quantitative estimate of drug-likeness (QED) is 0.292. The number of aliphatic hydroxyl groups is 3. The lowest BCUT2D eigenvalue weighted by atomic mass is 9.99. The van der Waals surface area contributed by atoms with E-state index in [1.807, 2.05) is 0 Å². The molecule has 1 aliphatic rings. The van der Waals surface area contributed by atoms with E-state index in [0.29, 0.717) is 5.56 Å². The monoisotopic (exact) mass is 476 g/mol. The predicted octanol–water partition coefficient (Wildman–Crippen LogP) is 0.151. The van der Waals surface area contributed by atoms with Gasteiger partial charge in [0.25, 0.3) is 0 Å². The molecule has 0 aliphatic carbocycles. The van der Waals surface area contributed by atoms with E-state index in [1.54, 1.807) is 0 Å². The summed E-state index contributed by atoms with van der Waals surface area (Å²) in [5.41, 5.74) is -0.252. The first kappa shape index (κ1) is 23.3. The van der Waals surface area contributed by atoms with Crippen LogP contribution in [0.1, 0.15) is 0 Å². The van der Waals surface area contributed by atoms with Gasteiger partial charge >= 0.3 is 5.97 Å². The standard InChI is InChI=1S/C22H20O12/c1-31-19-12(33-22-18(28)16(26)17(27)20(34-22)21(29)30)6-11-13(15(19)25)14(24)10(7-32-11)8-2-4-9(23)5-3-8/h2-7,16-18,20,22-23,25-28H,1H3,(H,29,30)/t16-,17-,18+,20-,22+/m0/s1. The first-order valence-electron chi connectivity index (χ1n) is 9.88. The van der Waals surface area contributed by atoms with E-state index in [0.717, 1.165) is 19.4 Å². The third-order valence-corrected chi connectivity index (χ3v) is 5.40. The summed E-state index contributed by atoms with van der Waals surface area (Å²) in [6, 6.07) is 6.88. The van der Waals surface area contributed by atoms with Crippen molar-refractivity contribution >= 4 is 16.9 Å². The first-order valence-corrected chi connectivity index (χ1v) is 9.88. The van der Waals surface area contributed by atoms with Crippen molar-refractivity contribution in [2.45, 2.75) is 30.7 Å². The maximum atomic E-state index is 13.1. The molecule has 1 aliphatic heterocycles. The Balaban J connectivity index is 1.77. The lowest BCUT2D eigenvalue weighted by Crippen LogP contribution is -2.61. The molecular formula is C22H20O12. The summed E-state index contributed by atoms with van der Waals surface area (Å²) < 4.78 is 21.2. The number of fused-ring (bicyclic) bond motifs is 1. The number of ether oxygens (including phenoxy) is 3. The van der Waals surface area contributed by atoms with Crippen molar-refractivity contribution in [1.29, 1.82) is 0 Å². The Labute approximate surface area is 190 Å². The zero-order chi connectivity index (χ0) is 24.7. The van der Waals surface area contributed by atoms with Crippen LogP contribution in [0.15, 0.2) is 45.8 Å². The van der Waals surface area contributed by atoms with E-state index in [1.165, 1.54) is 24.3 Å². The summed E-state index contributed by atoms with van der Waals surface area (Å²) in [4.78, 5) is 24.4. The molecule has 34 heavy (non-hydrogen) atoms. The minimum absolute atomic E-state index is 0.00451. The van der Waals surface area contributed by atoms with Gasteiger partial charge in [-0.3, -0.25) is 4.79 Å². The molecule has 4 rings (SSSR count). The second kappa shape index (κ2) is 8.83. The molecule has 0 bridgehead atoms. The number of phenolic OH excluding ortho intramolecular Hbond substituents is 2. The summed E-state index contributed by atoms with van der Waals surface area (Å²) in [7, 11) is 1.16. The van der Waals surface area contributed by atoms with E-state index in [2.05, 4.69) is 0 Å². The predicted molar refractivity (Wildman–Crippen MR) is 113 cm³/mol. The van der Waals surface area contributed by atoms with Gasteiger partial charge in [0, 0.05) is 6.07 Å². The molecule has 1 fully saturated rings. The van der Waals surface area contributed by atoms with Crippen molar-refractivity contribution in [2.24, 2.45) is 0 Å². The molecule has 5 atom stereocenters. The second-order valence-electron chi connectivity index (χ2n) is 7.51. The Morgan fingerprint density at radius 2 is 1.71 bits per heavy atom. The summed E-state index contributed by atoms with van der Waals surface area (Å²) in [6.07, 6.45) is -8.25. The number of hydrogen-bond donors (Lipinski definition) is 6. The number of benzene rings is 2. The van der Waals surface area contributed by atoms with Crippen LogP contribution in [0, 0.1) is 0 Å². The van der Waals surface area contributed by atoms with Gasteiger partial charge in [-0.2, -0.15) is 0 Å². The molecule has 3 aromatic rings. The molecule has 180 valence electrons. The average Bonchev–Trinajstić information content (AvgIpc) is 2.80. The number of aliphatic carboxylic acids is 1. The van der Waals surface area contributed by atoms with Crippen LogP contribution in [0.3, 0.4) is 0 Å². The molecule has 12 nitrogen and oxygen atoms in total. The number of methoxy groups -OCH3 is 1. The highest BCUT2D eigenvalue weighted by atomic mass is 16.7. The van der Waals surface area contributed by atoms with Crippen LogP contribution in [-0.4, -0.2) is 74.4 Å². The third-order valence-electron chi connectivity index (χ3n) is 5.40. The number of carboxylic acid groups (broad SMARTS) is 1. The molecule has 0 spiro atoms. The Bertz CT molecular complexity index is 1280. The highest BCUT2D eigenvalue weighted by Gasteiger charge is 2.48. The van der Waals surface area contributed by atoms with E-state index in [9.17, 15) is 40.2 Å². The zero-order valence-corrected chi connectivity index (χ0v) is 17.5. The van der Waals surface area contributed by atoms with Crippen LogP contribution < -0.4 is 14.9 Å². The van der Waals surface area contributed by atoms with Gasteiger partial charge in [-0.15, -0.1) is 0 Å². The average molecular weight is 476 g/mol. The molecule has 0 saturated carbocycles. The molecular weight excluding hydrogens is 456 g/mol. The zero-order valence-electron chi connectivity index (χ0n) is 17.5. The van der Waals surface area contributed by atoms with Crippen molar-refractivity contribution in [3.63, 3.8) is 0 Å².